The van der Waals surface area contributed by atoms with Gasteiger partial charge in [-0.2, -0.15) is 5.10 Å². The number of aromatic nitrogens is 3. The predicted molar refractivity (Wildman–Crippen MR) is 170 cm³/mol. The summed E-state index contributed by atoms with van der Waals surface area (Å²) in [6.45, 7) is 5.26. The number of anilines is 2. The number of hydrogen-bond acceptors (Lipinski definition) is 7. The molecule has 1 amide bonds. The lowest BCUT2D eigenvalue weighted by Gasteiger charge is -2.26. The molecule has 0 aliphatic carbocycles. The van der Waals surface area contributed by atoms with E-state index in [2.05, 4.69) is 31.1 Å². The van der Waals surface area contributed by atoms with Crippen molar-refractivity contribution < 1.29 is 18.3 Å². The van der Waals surface area contributed by atoms with Crippen LogP contribution >= 0.6 is 39.5 Å². The fourth-order valence-electron chi connectivity index (χ4n) is 4.68. The summed E-state index contributed by atoms with van der Waals surface area (Å²) in [6.07, 6.45) is 1.22. The number of ether oxygens (including phenoxy) is 1. The largest absolute Gasteiger partial charge is 0.444 e. The van der Waals surface area contributed by atoms with Gasteiger partial charge in [-0.1, -0.05) is 29.6 Å². The first kappa shape index (κ1) is 31.8. The van der Waals surface area contributed by atoms with Gasteiger partial charge in [0.2, 0.25) is 0 Å². The van der Waals surface area contributed by atoms with Crippen molar-refractivity contribution >= 4 is 68.0 Å². The predicted octanol–water partition coefficient (Wildman–Crippen LogP) is 7.89. The lowest BCUT2D eigenvalue weighted by atomic mass is 9.94. The molecule has 224 valence electrons. The number of fused-ring (bicyclic) bond motifs is 1. The van der Waals surface area contributed by atoms with Crippen LogP contribution < -0.4 is 14.9 Å². The summed E-state index contributed by atoms with van der Waals surface area (Å²) in [5.41, 5.74) is 2.94. The number of carbonyl (C=O) groups excluding carboxylic acids is 1. The van der Waals surface area contributed by atoms with Crippen molar-refractivity contribution in [2.24, 2.45) is 7.05 Å². The zero-order chi connectivity index (χ0) is 30.9. The molecule has 0 bridgehead atoms. The van der Waals surface area contributed by atoms with Gasteiger partial charge in [-0.25, -0.2) is 18.6 Å². The summed E-state index contributed by atoms with van der Waals surface area (Å²) in [6, 6.07) is 8.03. The molecule has 0 saturated heterocycles. The van der Waals surface area contributed by atoms with Crippen LogP contribution in [-0.2, 0) is 18.2 Å². The highest BCUT2D eigenvalue weighted by atomic mass is 79.9. The smallest absolute Gasteiger partial charge is 0.408 e. The number of nitrogens with one attached hydrogen (secondary N) is 2. The zero-order valence-electron chi connectivity index (χ0n) is 24.3. The highest BCUT2D eigenvalue weighted by Gasteiger charge is 2.28. The molecule has 1 atom stereocenters. The highest BCUT2D eigenvalue weighted by molar-refractivity contribution is 9.10. The number of rotatable bonds is 8. The first-order chi connectivity index (χ1) is 19.7. The van der Waals surface area contributed by atoms with E-state index < -0.39 is 29.4 Å². The van der Waals surface area contributed by atoms with Crippen LogP contribution in [0.3, 0.4) is 0 Å². The van der Waals surface area contributed by atoms with Gasteiger partial charge in [0.25, 0.3) is 0 Å². The second-order valence-corrected chi connectivity index (χ2v) is 12.7. The van der Waals surface area contributed by atoms with Crippen molar-refractivity contribution in [2.45, 2.75) is 38.8 Å². The number of carbonyl (C=O) groups is 1. The number of alkyl carbamates (subject to hydrolysis) is 1. The van der Waals surface area contributed by atoms with E-state index in [1.807, 2.05) is 44.4 Å². The van der Waals surface area contributed by atoms with Gasteiger partial charge < -0.3 is 19.7 Å². The van der Waals surface area contributed by atoms with Crippen LogP contribution in [0.15, 0.2) is 41.0 Å². The Morgan fingerprint density at radius 1 is 1.17 bits per heavy atom. The first-order valence-corrected chi connectivity index (χ1v) is 15.3. The highest BCUT2D eigenvalue weighted by Crippen LogP contribution is 2.42. The van der Waals surface area contributed by atoms with Crippen molar-refractivity contribution in [3.05, 3.63) is 68.9 Å². The van der Waals surface area contributed by atoms with Gasteiger partial charge in [-0.3, -0.25) is 4.68 Å². The monoisotopic (exact) mass is 680 g/mol. The number of halogens is 4. The maximum atomic E-state index is 14.2. The maximum absolute atomic E-state index is 14.2. The SMILES string of the molecule is CSNc1nn(C)c2c(-c3cc(N(C)C)c(Br)nc3C(Cc3cc(F)cc(F)c3)NC(=O)OC(C)(C)C)ccc(Cl)c12. The van der Waals surface area contributed by atoms with Gasteiger partial charge >= 0.3 is 6.09 Å². The normalized spacial score (nSPS) is 12.4. The number of aryl methyl sites for hydroxylation is 1. The van der Waals surface area contributed by atoms with Crippen LogP contribution in [0.2, 0.25) is 5.02 Å². The maximum Gasteiger partial charge on any atom is 0.408 e. The van der Waals surface area contributed by atoms with Crippen molar-refractivity contribution in [1.29, 1.82) is 0 Å². The fourth-order valence-corrected chi connectivity index (χ4v) is 5.92. The van der Waals surface area contributed by atoms with Gasteiger partial charge in [0, 0.05) is 44.6 Å². The fraction of sp³-hybridized carbons (Fsp3) is 0.345. The molecule has 13 heteroatoms. The first-order valence-electron chi connectivity index (χ1n) is 12.9. The number of nitrogens with zero attached hydrogens (tertiary/aromatic N) is 4. The molecule has 2 heterocycles. The summed E-state index contributed by atoms with van der Waals surface area (Å²) in [5.74, 6) is -0.840. The summed E-state index contributed by atoms with van der Waals surface area (Å²) >= 11 is 11.6. The molecule has 0 aliphatic rings. The third-order valence-corrected chi connectivity index (χ3v) is 7.57. The van der Waals surface area contributed by atoms with Crippen molar-refractivity contribution in [3.8, 4) is 11.1 Å². The van der Waals surface area contributed by atoms with Crippen molar-refractivity contribution in [1.82, 2.24) is 20.1 Å². The summed E-state index contributed by atoms with van der Waals surface area (Å²) in [5, 5.41) is 8.76. The quantitative estimate of drug-likeness (QED) is 0.145. The topological polar surface area (TPSA) is 84.3 Å². The minimum absolute atomic E-state index is 0.0308. The molecule has 0 radical (unpaired) electrons. The Balaban J connectivity index is 1.99. The van der Waals surface area contributed by atoms with Crippen LogP contribution in [0.25, 0.3) is 22.0 Å². The van der Waals surface area contributed by atoms with Gasteiger partial charge in [0.1, 0.15) is 21.8 Å². The third-order valence-electron chi connectivity index (χ3n) is 6.28. The van der Waals surface area contributed by atoms with Gasteiger partial charge in [0.05, 0.1) is 33.3 Å². The van der Waals surface area contributed by atoms with Crippen LogP contribution in [0.5, 0.6) is 0 Å². The van der Waals surface area contributed by atoms with Gasteiger partial charge in [-0.15, -0.1) is 0 Å². The zero-order valence-corrected chi connectivity index (χ0v) is 27.4. The number of pyridine rings is 1. The van der Waals surface area contributed by atoms with E-state index in [4.69, 9.17) is 21.3 Å². The van der Waals surface area contributed by atoms with E-state index in [-0.39, 0.29) is 6.42 Å². The van der Waals surface area contributed by atoms with E-state index >= 15 is 0 Å². The van der Waals surface area contributed by atoms with Crippen LogP contribution in [0.4, 0.5) is 25.1 Å². The van der Waals surface area contributed by atoms with Crippen LogP contribution in [0, 0.1) is 11.6 Å². The molecule has 2 aromatic heterocycles. The van der Waals surface area contributed by atoms with E-state index in [1.165, 1.54) is 24.1 Å². The molecule has 42 heavy (non-hydrogen) atoms. The van der Waals surface area contributed by atoms with Gasteiger partial charge in [0.15, 0.2) is 5.82 Å². The van der Waals surface area contributed by atoms with Crippen LogP contribution in [0.1, 0.15) is 38.1 Å². The molecule has 1 unspecified atom stereocenters. The van der Waals surface area contributed by atoms with Crippen molar-refractivity contribution in [3.63, 3.8) is 0 Å². The minimum atomic E-state index is -0.841. The molecule has 0 saturated carbocycles. The molecule has 4 rings (SSSR count). The average Bonchev–Trinajstić information content (AvgIpc) is 3.19. The molecular weight excluding hydrogens is 650 g/mol. The second-order valence-electron chi connectivity index (χ2n) is 10.9. The number of hydrogen-bond donors (Lipinski definition) is 2. The van der Waals surface area contributed by atoms with E-state index in [0.29, 0.717) is 32.3 Å². The second kappa shape index (κ2) is 12.6. The summed E-state index contributed by atoms with van der Waals surface area (Å²) in [4.78, 5) is 19.9. The molecule has 8 nitrogen and oxygen atoms in total. The molecule has 2 aromatic carbocycles. The Hall–Kier alpha value is -3.09. The Morgan fingerprint density at radius 3 is 2.43 bits per heavy atom. The average molecular weight is 682 g/mol. The summed E-state index contributed by atoms with van der Waals surface area (Å²) in [7, 11) is 5.59. The third kappa shape index (κ3) is 7.09. The Morgan fingerprint density at radius 2 is 1.83 bits per heavy atom. The number of benzene rings is 2. The van der Waals surface area contributed by atoms with E-state index in [9.17, 15) is 13.6 Å². The Labute approximate surface area is 261 Å². The molecule has 0 fully saturated rings. The van der Waals surface area contributed by atoms with Crippen molar-refractivity contribution in [2.75, 3.05) is 30.0 Å². The van der Waals surface area contributed by atoms with Crippen LogP contribution in [-0.4, -0.2) is 46.8 Å². The molecule has 0 spiro atoms. The van der Waals surface area contributed by atoms with Gasteiger partial charge in [-0.05, 0) is 73.0 Å². The van der Waals surface area contributed by atoms with E-state index in [0.717, 1.165) is 28.2 Å². The lowest BCUT2D eigenvalue weighted by molar-refractivity contribution is 0.0502. The number of amides is 1. The molecular formula is C29H32BrClF2N6O2S. The Kier molecular flexibility index (Phi) is 9.58. The summed E-state index contributed by atoms with van der Waals surface area (Å²) < 4.78 is 39.4. The van der Waals surface area contributed by atoms with E-state index in [1.54, 1.807) is 31.5 Å². The lowest BCUT2D eigenvalue weighted by Crippen LogP contribution is -2.36. The Bertz CT molecular complexity index is 1620. The standard InChI is InChI=1S/C29H32BrClF2N6O2S/c1-29(2,3)41-28(40)34-21(12-15-10-16(32)13-17(33)11-15)24-19(14-22(38(4)5)26(30)35-24)18-8-9-20(31)23-25(18)39(6)36-27(23)37-42-7/h8-11,13-14,21H,12H2,1-7H3,(H,34,40)(H,36,37). The molecule has 0 aliphatic heterocycles. The molecule has 2 N–H and O–H groups in total. The minimum Gasteiger partial charge on any atom is -0.444 e. The molecule has 4 aromatic rings.